The van der Waals surface area contributed by atoms with Gasteiger partial charge in [-0.25, -0.2) is 5.10 Å². The van der Waals surface area contributed by atoms with Crippen molar-refractivity contribution in [1.29, 1.82) is 0 Å². The third kappa shape index (κ3) is 0.734. The summed E-state index contributed by atoms with van der Waals surface area (Å²) in [5, 5.41) is 12.8. The molecule has 4 nitrogen and oxygen atoms in total. The van der Waals surface area contributed by atoms with E-state index in [4.69, 9.17) is 0 Å². The van der Waals surface area contributed by atoms with Gasteiger partial charge in [-0.1, -0.05) is 6.92 Å². The molecule has 1 aromatic heterocycles. The third-order valence-corrected chi connectivity index (χ3v) is 0.635. The lowest BCUT2D eigenvalue weighted by Crippen LogP contribution is -1.77. The average molecular weight is 97.1 g/mol. The van der Waals surface area contributed by atoms with Gasteiger partial charge in [0.15, 0.2) is 5.82 Å². The maximum atomic E-state index is 3.56. The summed E-state index contributed by atoms with van der Waals surface area (Å²) in [5.74, 6) is 0.708. The fraction of sp³-hybridized carbons (Fsp3) is 0.333. The molecule has 1 N–H and O–H groups in total. The van der Waals surface area contributed by atoms with Crippen molar-refractivity contribution in [3.05, 3.63) is 12.2 Å². The Bertz CT molecular complexity index is 121. The molecular formula is C3H5N4. The molecule has 0 amide bonds. The third-order valence-electron chi connectivity index (χ3n) is 0.635. The molecule has 0 unspecified atom stereocenters. The number of hydrogen-bond donors (Lipinski definition) is 1. The topological polar surface area (TPSA) is 54.5 Å². The van der Waals surface area contributed by atoms with Gasteiger partial charge >= 0.3 is 0 Å². The zero-order chi connectivity index (χ0) is 5.11. The summed E-state index contributed by atoms with van der Waals surface area (Å²) in [5.41, 5.74) is 0. The van der Waals surface area contributed by atoms with E-state index in [0.717, 1.165) is 0 Å². The first kappa shape index (κ1) is 4.23. The SMILES string of the molecule is C[CH]c1nnn[nH]1. The number of aromatic amines is 1. The quantitative estimate of drug-likeness (QED) is 0.526. The van der Waals surface area contributed by atoms with Gasteiger partial charge in [-0.05, 0) is 10.4 Å². The minimum absolute atomic E-state index is 0.708. The second-order valence-corrected chi connectivity index (χ2v) is 1.08. The van der Waals surface area contributed by atoms with Crippen LogP contribution in [0, 0.1) is 6.42 Å². The van der Waals surface area contributed by atoms with Gasteiger partial charge in [0.2, 0.25) is 0 Å². The van der Waals surface area contributed by atoms with Crippen LogP contribution in [-0.4, -0.2) is 20.6 Å². The normalized spacial score (nSPS) is 9.29. The molecule has 0 atom stereocenters. The molecule has 0 aliphatic carbocycles. The summed E-state index contributed by atoms with van der Waals surface area (Å²) in [6.45, 7) is 1.86. The zero-order valence-electron chi connectivity index (χ0n) is 3.92. The Morgan fingerprint density at radius 3 is 2.86 bits per heavy atom. The van der Waals surface area contributed by atoms with Crippen molar-refractivity contribution < 1.29 is 0 Å². The van der Waals surface area contributed by atoms with E-state index in [1.54, 1.807) is 6.42 Å². The molecule has 1 rings (SSSR count). The Hall–Kier alpha value is -0.930. The van der Waals surface area contributed by atoms with E-state index in [9.17, 15) is 0 Å². The van der Waals surface area contributed by atoms with Gasteiger partial charge in [0.25, 0.3) is 0 Å². The molecule has 4 heteroatoms. The van der Waals surface area contributed by atoms with Crippen LogP contribution in [0.3, 0.4) is 0 Å². The lowest BCUT2D eigenvalue weighted by atomic mass is 10.5. The summed E-state index contributed by atoms with van der Waals surface area (Å²) >= 11 is 0. The number of aromatic nitrogens is 4. The zero-order valence-corrected chi connectivity index (χ0v) is 3.92. The van der Waals surface area contributed by atoms with Crippen molar-refractivity contribution in [1.82, 2.24) is 20.6 Å². The van der Waals surface area contributed by atoms with Crippen molar-refractivity contribution >= 4 is 0 Å². The van der Waals surface area contributed by atoms with Crippen LogP contribution in [0.15, 0.2) is 0 Å². The van der Waals surface area contributed by atoms with Crippen LogP contribution in [0.4, 0.5) is 0 Å². The largest absolute Gasteiger partial charge is 0.243 e. The fourth-order valence-corrected chi connectivity index (χ4v) is 0.289. The van der Waals surface area contributed by atoms with Crippen LogP contribution in [0.2, 0.25) is 0 Å². The molecule has 37 valence electrons. The highest BCUT2D eigenvalue weighted by Gasteiger charge is 1.86. The van der Waals surface area contributed by atoms with E-state index in [0.29, 0.717) is 5.82 Å². The maximum absolute atomic E-state index is 3.56. The van der Waals surface area contributed by atoms with Gasteiger partial charge in [-0.15, -0.1) is 5.10 Å². The minimum Gasteiger partial charge on any atom is -0.243 e. The lowest BCUT2D eigenvalue weighted by molar-refractivity contribution is 0.881. The van der Waals surface area contributed by atoms with E-state index in [1.807, 2.05) is 6.92 Å². The van der Waals surface area contributed by atoms with Crippen molar-refractivity contribution in [3.8, 4) is 0 Å². The molecule has 7 heavy (non-hydrogen) atoms. The Labute approximate surface area is 40.9 Å². The molecule has 1 aromatic rings. The fourth-order valence-electron chi connectivity index (χ4n) is 0.289. The highest BCUT2D eigenvalue weighted by molar-refractivity contribution is 4.89. The first-order chi connectivity index (χ1) is 3.43. The summed E-state index contributed by atoms with van der Waals surface area (Å²) in [6.07, 6.45) is 1.79. The van der Waals surface area contributed by atoms with Crippen LogP contribution in [-0.2, 0) is 0 Å². The van der Waals surface area contributed by atoms with Crippen LogP contribution in [0.1, 0.15) is 12.7 Å². The molecule has 0 saturated carbocycles. The molecule has 1 heterocycles. The van der Waals surface area contributed by atoms with E-state index in [-0.39, 0.29) is 0 Å². The van der Waals surface area contributed by atoms with Crippen molar-refractivity contribution in [3.63, 3.8) is 0 Å². The van der Waals surface area contributed by atoms with E-state index < -0.39 is 0 Å². The second kappa shape index (κ2) is 1.68. The smallest absolute Gasteiger partial charge is 0.152 e. The Balaban J connectivity index is 2.76. The van der Waals surface area contributed by atoms with Crippen LogP contribution < -0.4 is 0 Å². The second-order valence-electron chi connectivity index (χ2n) is 1.08. The minimum atomic E-state index is 0.708. The van der Waals surface area contributed by atoms with Gasteiger partial charge in [0, 0.05) is 6.42 Å². The molecule has 0 bridgehead atoms. The van der Waals surface area contributed by atoms with Crippen LogP contribution in [0.5, 0.6) is 0 Å². The van der Waals surface area contributed by atoms with Crippen molar-refractivity contribution in [2.75, 3.05) is 0 Å². The molecule has 0 spiro atoms. The summed E-state index contributed by atoms with van der Waals surface area (Å²) in [7, 11) is 0. The molecule has 0 aliphatic heterocycles. The number of H-pyrrole nitrogens is 1. The van der Waals surface area contributed by atoms with Gasteiger partial charge in [0.1, 0.15) is 0 Å². The maximum Gasteiger partial charge on any atom is 0.152 e. The summed E-state index contributed by atoms with van der Waals surface area (Å²) < 4.78 is 0. The monoisotopic (exact) mass is 97.1 g/mol. The standard InChI is InChI=1S/C3H5N4/c1-2-3-4-6-7-5-3/h2H,1H3,(H,4,5,6,7). The van der Waals surface area contributed by atoms with Crippen LogP contribution >= 0.6 is 0 Å². The summed E-state index contributed by atoms with van der Waals surface area (Å²) in [6, 6.07) is 0. The number of hydrogen-bond acceptors (Lipinski definition) is 3. The van der Waals surface area contributed by atoms with E-state index in [2.05, 4.69) is 20.6 Å². The number of nitrogens with one attached hydrogen (secondary N) is 1. The first-order valence-corrected chi connectivity index (χ1v) is 1.96. The van der Waals surface area contributed by atoms with Gasteiger partial charge in [-0.2, -0.15) is 0 Å². The van der Waals surface area contributed by atoms with Crippen molar-refractivity contribution in [2.24, 2.45) is 0 Å². The lowest BCUT2D eigenvalue weighted by Gasteiger charge is -1.74. The molecule has 0 saturated heterocycles. The number of nitrogens with zero attached hydrogens (tertiary/aromatic N) is 3. The first-order valence-electron chi connectivity index (χ1n) is 1.96. The van der Waals surface area contributed by atoms with E-state index >= 15 is 0 Å². The Kier molecular flexibility index (Phi) is 1.02. The molecule has 0 aliphatic rings. The van der Waals surface area contributed by atoms with Gasteiger partial charge in [-0.3, -0.25) is 0 Å². The van der Waals surface area contributed by atoms with Gasteiger partial charge < -0.3 is 0 Å². The Morgan fingerprint density at radius 2 is 2.57 bits per heavy atom. The molecule has 0 aromatic carbocycles. The van der Waals surface area contributed by atoms with Crippen molar-refractivity contribution in [2.45, 2.75) is 6.92 Å². The van der Waals surface area contributed by atoms with E-state index in [1.165, 1.54) is 0 Å². The predicted molar refractivity (Wildman–Crippen MR) is 23.3 cm³/mol. The highest BCUT2D eigenvalue weighted by atomic mass is 15.5. The number of tetrazole rings is 1. The van der Waals surface area contributed by atoms with Crippen LogP contribution in [0.25, 0.3) is 0 Å². The highest BCUT2D eigenvalue weighted by Crippen LogP contribution is 1.82. The van der Waals surface area contributed by atoms with Gasteiger partial charge in [0.05, 0.1) is 0 Å². The summed E-state index contributed by atoms with van der Waals surface area (Å²) in [4.78, 5) is 0. The number of rotatable bonds is 1. The molecule has 0 fully saturated rings. The average Bonchev–Trinajstić information content (AvgIpc) is 2.14. The molecular weight excluding hydrogens is 92.1 g/mol. The molecule has 1 radical (unpaired) electrons. The Morgan fingerprint density at radius 1 is 1.71 bits per heavy atom. The predicted octanol–water partition coefficient (Wildman–Crippen LogP) is -0.228.